The molecule has 1 aliphatic heterocycles. The first-order valence-corrected chi connectivity index (χ1v) is 7.55. The molecule has 0 unspecified atom stereocenters. The van der Waals surface area contributed by atoms with Crippen LogP contribution < -0.4 is 5.32 Å². The predicted octanol–water partition coefficient (Wildman–Crippen LogP) is 2.67. The van der Waals surface area contributed by atoms with Crippen molar-refractivity contribution in [3.63, 3.8) is 0 Å². The highest BCUT2D eigenvalue weighted by molar-refractivity contribution is 5.91. The molecule has 0 radical (unpaired) electrons. The number of amides is 2. The number of carbonyl (C=O) groups excluding carboxylic acids is 2. The van der Waals surface area contributed by atoms with E-state index in [-0.39, 0.29) is 17.9 Å². The fourth-order valence-electron chi connectivity index (χ4n) is 2.32. The standard InChI is InChI=1S/C16H23N3O3/c1-16(2,3)22-15(21)19-10-7-12(8-11-19)14(20)18-13-6-4-5-9-17-13/h4-6,9,12H,7-8,10-11H2,1-3H3,(H,17,18,20). The van der Waals surface area contributed by atoms with Gasteiger partial charge >= 0.3 is 6.09 Å². The normalized spacial score (nSPS) is 16.2. The molecule has 6 heteroatoms. The Morgan fingerprint density at radius 3 is 2.50 bits per heavy atom. The van der Waals surface area contributed by atoms with Crippen LogP contribution in [0.25, 0.3) is 0 Å². The van der Waals surface area contributed by atoms with Crippen molar-refractivity contribution in [2.75, 3.05) is 18.4 Å². The summed E-state index contributed by atoms with van der Waals surface area (Å²) in [5.74, 6) is 0.422. The molecule has 0 atom stereocenters. The number of hydrogen-bond donors (Lipinski definition) is 1. The molecule has 1 aromatic heterocycles. The summed E-state index contributed by atoms with van der Waals surface area (Å²) >= 11 is 0. The summed E-state index contributed by atoms with van der Waals surface area (Å²) in [5, 5.41) is 2.81. The van der Waals surface area contributed by atoms with Gasteiger partial charge in [0.05, 0.1) is 0 Å². The molecular formula is C16H23N3O3. The first kappa shape index (κ1) is 16.3. The van der Waals surface area contributed by atoms with Gasteiger partial charge in [0.15, 0.2) is 0 Å². The highest BCUT2D eigenvalue weighted by Crippen LogP contribution is 2.21. The van der Waals surface area contributed by atoms with Crippen LogP contribution in [0.1, 0.15) is 33.6 Å². The van der Waals surface area contributed by atoms with E-state index in [4.69, 9.17) is 4.74 Å². The van der Waals surface area contributed by atoms with Crippen LogP contribution in [0.4, 0.5) is 10.6 Å². The molecule has 2 heterocycles. The van der Waals surface area contributed by atoms with E-state index < -0.39 is 5.60 Å². The molecule has 0 bridgehead atoms. The molecule has 1 N–H and O–H groups in total. The Morgan fingerprint density at radius 1 is 1.27 bits per heavy atom. The zero-order valence-corrected chi connectivity index (χ0v) is 13.3. The molecule has 1 aromatic rings. The second kappa shape index (κ2) is 6.77. The predicted molar refractivity (Wildman–Crippen MR) is 83.4 cm³/mol. The van der Waals surface area contributed by atoms with Crippen molar-refractivity contribution in [3.05, 3.63) is 24.4 Å². The van der Waals surface area contributed by atoms with E-state index in [1.807, 2.05) is 26.8 Å². The number of nitrogens with zero attached hydrogens (tertiary/aromatic N) is 2. The molecule has 22 heavy (non-hydrogen) atoms. The smallest absolute Gasteiger partial charge is 0.410 e. The summed E-state index contributed by atoms with van der Waals surface area (Å²) in [7, 11) is 0. The summed E-state index contributed by atoms with van der Waals surface area (Å²) in [6.45, 7) is 6.61. The van der Waals surface area contributed by atoms with Crippen LogP contribution in [0, 0.1) is 5.92 Å². The van der Waals surface area contributed by atoms with E-state index in [9.17, 15) is 9.59 Å². The minimum Gasteiger partial charge on any atom is -0.444 e. The summed E-state index contributed by atoms with van der Waals surface area (Å²) in [6.07, 6.45) is 2.60. The lowest BCUT2D eigenvalue weighted by Gasteiger charge is -2.32. The molecule has 1 fully saturated rings. The zero-order valence-electron chi connectivity index (χ0n) is 13.3. The maximum Gasteiger partial charge on any atom is 0.410 e. The van der Waals surface area contributed by atoms with Crippen molar-refractivity contribution < 1.29 is 14.3 Å². The van der Waals surface area contributed by atoms with Gasteiger partial charge in [0.1, 0.15) is 11.4 Å². The molecule has 0 spiro atoms. The van der Waals surface area contributed by atoms with E-state index in [2.05, 4.69) is 10.3 Å². The lowest BCUT2D eigenvalue weighted by Crippen LogP contribution is -2.43. The Labute approximate surface area is 130 Å². The minimum atomic E-state index is -0.496. The molecule has 6 nitrogen and oxygen atoms in total. The number of pyridine rings is 1. The second-order valence-corrected chi connectivity index (χ2v) is 6.45. The van der Waals surface area contributed by atoms with Gasteiger partial charge in [-0.15, -0.1) is 0 Å². The Hall–Kier alpha value is -2.11. The van der Waals surface area contributed by atoms with Gasteiger partial charge in [0.2, 0.25) is 5.91 Å². The van der Waals surface area contributed by atoms with Gasteiger partial charge in [-0.1, -0.05) is 6.07 Å². The first-order valence-electron chi connectivity index (χ1n) is 7.55. The van der Waals surface area contributed by atoms with Crippen LogP contribution in [0.5, 0.6) is 0 Å². The molecule has 120 valence electrons. The molecular weight excluding hydrogens is 282 g/mol. The van der Waals surface area contributed by atoms with Gasteiger partial charge in [-0.2, -0.15) is 0 Å². The van der Waals surface area contributed by atoms with E-state index in [0.29, 0.717) is 31.7 Å². The molecule has 1 aliphatic rings. The zero-order chi connectivity index (χ0) is 16.2. The average Bonchev–Trinajstić information content (AvgIpc) is 2.46. The maximum absolute atomic E-state index is 12.2. The number of anilines is 1. The van der Waals surface area contributed by atoms with Crippen LogP contribution in [-0.4, -0.2) is 40.6 Å². The summed E-state index contributed by atoms with van der Waals surface area (Å²) in [4.78, 5) is 29.9. The highest BCUT2D eigenvalue weighted by Gasteiger charge is 2.29. The SMILES string of the molecule is CC(C)(C)OC(=O)N1CCC(C(=O)Nc2ccccn2)CC1. The van der Waals surface area contributed by atoms with Crippen molar-refractivity contribution in [3.8, 4) is 0 Å². The van der Waals surface area contributed by atoms with Gasteiger partial charge in [-0.25, -0.2) is 9.78 Å². The Kier molecular flexibility index (Phi) is 5.00. The highest BCUT2D eigenvalue weighted by atomic mass is 16.6. The number of aromatic nitrogens is 1. The monoisotopic (exact) mass is 305 g/mol. The van der Waals surface area contributed by atoms with Gasteiger partial charge in [0.25, 0.3) is 0 Å². The third kappa shape index (κ3) is 4.72. The number of hydrogen-bond acceptors (Lipinski definition) is 4. The number of nitrogens with one attached hydrogen (secondary N) is 1. The third-order valence-electron chi connectivity index (χ3n) is 3.43. The number of piperidine rings is 1. The van der Waals surface area contributed by atoms with Crippen LogP contribution in [0.3, 0.4) is 0 Å². The van der Waals surface area contributed by atoms with E-state index in [1.54, 1.807) is 23.2 Å². The van der Waals surface area contributed by atoms with E-state index >= 15 is 0 Å². The van der Waals surface area contributed by atoms with E-state index in [0.717, 1.165) is 0 Å². The lowest BCUT2D eigenvalue weighted by atomic mass is 9.96. The molecule has 0 aromatic carbocycles. The van der Waals surface area contributed by atoms with Crippen LogP contribution in [-0.2, 0) is 9.53 Å². The summed E-state index contributed by atoms with van der Waals surface area (Å²) < 4.78 is 5.34. The number of likely N-dealkylation sites (tertiary alicyclic amines) is 1. The largest absolute Gasteiger partial charge is 0.444 e. The maximum atomic E-state index is 12.2. The van der Waals surface area contributed by atoms with Crippen molar-refractivity contribution in [2.24, 2.45) is 5.92 Å². The number of rotatable bonds is 2. The third-order valence-corrected chi connectivity index (χ3v) is 3.43. The van der Waals surface area contributed by atoms with E-state index in [1.165, 1.54) is 0 Å². The van der Waals surface area contributed by atoms with Crippen molar-refractivity contribution >= 4 is 17.8 Å². The van der Waals surface area contributed by atoms with Crippen LogP contribution in [0.15, 0.2) is 24.4 Å². The number of carbonyl (C=O) groups is 2. The Morgan fingerprint density at radius 2 is 1.95 bits per heavy atom. The van der Waals surface area contributed by atoms with Gasteiger partial charge in [-0.05, 0) is 45.7 Å². The van der Waals surface area contributed by atoms with Gasteiger partial charge < -0.3 is 15.0 Å². The molecule has 0 saturated carbocycles. The fraction of sp³-hybridized carbons (Fsp3) is 0.562. The average molecular weight is 305 g/mol. The van der Waals surface area contributed by atoms with Crippen molar-refractivity contribution in [1.82, 2.24) is 9.88 Å². The summed E-state index contributed by atoms with van der Waals surface area (Å²) in [6, 6.07) is 5.39. The molecule has 0 aliphatic carbocycles. The van der Waals surface area contributed by atoms with Crippen molar-refractivity contribution in [1.29, 1.82) is 0 Å². The van der Waals surface area contributed by atoms with Gasteiger partial charge in [0, 0.05) is 25.2 Å². The van der Waals surface area contributed by atoms with Crippen LogP contribution in [0.2, 0.25) is 0 Å². The first-order chi connectivity index (χ1) is 10.3. The topological polar surface area (TPSA) is 71.5 Å². The Bertz CT molecular complexity index is 517. The van der Waals surface area contributed by atoms with Gasteiger partial charge in [-0.3, -0.25) is 4.79 Å². The second-order valence-electron chi connectivity index (χ2n) is 6.45. The summed E-state index contributed by atoms with van der Waals surface area (Å²) in [5.41, 5.74) is -0.496. The lowest BCUT2D eigenvalue weighted by molar-refractivity contribution is -0.121. The molecule has 2 amide bonds. The molecule has 2 rings (SSSR count). The minimum absolute atomic E-state index is 0.0393. The number of ether oxygens (including phenoxy) is 1. The van der Waals surface area contributed by atoms with Crippen LogP contribution >= 0.6 is 0 Å². The molecule has 1 saturated heterocycles. The quantitative estimate of drug-likeness (QED) is 0.912. The van der Waals surface area contributed by atoms with Crippen molar-refractivity contribution in [2.45, 2.75) is 39.2 Å². The Balaban J connectivity index is 1.82. The fourth-order valence-corrected chi connectivity index (χ4v) is 2.32.